The highest BCUT2D eigenvalue weighted by molar-refractivity contribution is 5.89. The predicted octanol–water partition coefficient (Wildman–Crippen LogP) is 3.36. The number of carboxylic acid groups (broad SMARTS) is 1. The van der Waals surface area contributed by atoms with Crippen molar-refractivity contribution in [1.82, 2.24) is 4.90 Å². The zero-order valence-electron chi connectivity index (χ0n) is 13.1. The fourth-order valence-corrected chi connectivity index (χ4v) is 3.80. The molecule has 0 radical (unpaired) electrons. The largest absolute Gasteiger partial charge is 0.481 e. The van der Waals surface area contributed by atoms with E-state index in [1.807, 2.05) is 36.4 Å². The van der Waals surface area contributed by atoms with Crippen molar-refractivity contribution in [3.63, 3.8) is 0 Å². The maximum atomic E-state index is 12.9. The molecule has 4 heteroatoms. The van der Waals surface area contributed by atoms with Crippen molar-refractivity contribution in [1.29, 1.82) is 0 Å². The van der Waals surface area contributed by atoms with E-state index < -0.39 is 17.3 Å². The Morgan fingerprint density at radius 3 is 2.70 bits per heavy atom. The first-order chi connectivity index (χ1) is 11.0. The first-order valence-electron chi connectivity index (χ1n) is 7.99. The Morgan fingerprint density at radius 1 is 1.35 bits per heavy atom. The highest BCUT2D eigenvalue weighted by Crippen LogP contribution is 2.52. The predicted molar refractivity (Wildman–Crippen MR) is 87.3 cm³/mol. The minimum Gasteiger partial charge on any atom is -0.481 e. The van der Waals surface area contributed by atoms with Crippen molar-refractivity contribution in [3.05, 3.63) is 60.3 Å². The number of likely N-dealkylation sites (tertiary alicyclic amines) is 1. The lowest BCUT2D eigenvalue weighted by molar-refractivity contribution is -0.143. The van der Waals surface area contributed by atoms with Gasteiger partial charge in [0.25, 0.3) is 0 Å². The molecule has 1 aliphatic heterocycles. The second-order valence-corrected chi connectivity index (χ2v) is 6.34. The summed E-state index contributed by atoms with van der Waals surface area (Å²) < 4.78 is 0. The number of hydrogen-bond acceptors (Lipinski definition) is 2. The van der Waals surface area contributed by atoms with Crippen LogP contribution in [0.15, 0.2) is 54.8 Å². The van der Waals surface area contributed by atoms with Gasteiger partial charge in [-0.05, 0) is 24.8 Å². The molecule has 0 bridgehead atoms. The topological polar surface area (TPSA) is 57.6 Å². The summed E-state index contributed by atoms with van der Waals surface area (Å²) in [5, 5.41) is 9.24. The van der Waals surface area contributed by atoms with Crippen LogP contribution in [-0.4, -0.2) is 21.9 Å². The first kappa shape index (κ1) is 15.5. The Hall–Kier alpha value is -2.36. The van der Waals surface area contributed by atoms with Gasteiger partial charge in [0.05, 0.1) is 18.9 Å². The van der Waals surface area contributed by atoms with E-state index >= 15 is 0 Å². The van der Waals surface area contributed by atoms with Crippen molar-refractivity contribution in [2.75, 3.05) is 0 Å². The van der Waals surface area contributed by atoms with E-state index in [4.69, 9.17) is 0 Å². The number of aliphatic carboxylic acids is 1. The maximum absolute atomic E-state index is 12.9. The van der Waals surface area contributed by atoms with Gasteiger partial charge in [0.15, 0.2) is 0 Å². The Morgan fingerprint density at radius 2 is 2.09 bits per heavy atom. The Balaban J connectivity index is 1.95. The smallest absolute Gasteiger partial charge is 0.304 e. The fourth-order valence-electron chi connectivity index (χ4n) is 3.80. The Labute approximate surface area is 136 Å². The summed E-state index contributed by atoms with van der Waals surface area (Å²) in [5.41, 5.74) is 1.24. The summed E-state index contributed by atoms with van der Waals surface area (Å²) in [4.78, 5) is 25.9. The molecule has 1 N–H and O–H groups in total. The minimum atomic E-state index is -0.934. The average molecular weight is 311 g/mol. The third-order valence-electron chi connectivity index (χ3n) is 4.99. The first-order valence-corrected chi connectivity index (χ1v) is 7.99. The van der Waals surface area contributed by atoms with Gasteiger partial charge in [-0.15, -0.1) is 0 Å². The third-order valence-corrected chi connectivity index (χ3v) is 4.99. The number of amides is 1. The van der Waals surface area contributed by atoms with Gasteiger partial charge >= 0.3 is 5.97 Å². The SMILES string of the molecule is C=C1N(Cc2ccccc2)C(=O)C(CC(=O)O)C12C=CCCC2. The number of allylic oxidation sites excluding steroid dienone is 2. The highest BCUT2D eigenvalue weighted by atomic mass is 16.4. The van der Waals surface area contributed by atoms with Crippen LogP contribution in [0.2, 0.25) is 0 Å². The lowest BCUT2D eigenvalue weighted by Crippen LogP contribution is -2.31. The van der Waals surface area contributed by atoms with Gasteiger partial charge in [-0.25, -0.2) is 0 Å². The Bertz CT molecular complexity index is 664. The van der Waals surface area contributed by atoms with Crippen molar-refractivity contribution in [2.45, 2.75) is 32.2 Å². The molecule has 1 spiro atoms. The number of rotatable bonds is 4. The third kappa shape index (κ3) is 2.69. The zero-order valence-corrected chi connectivity index (χ0v) is 13.1. The van der Waals surface area contributed by atoms with Crippen LogP contribution in [0.1, 0.15) is 31.2 Å². The standard InChI is InChI=1S/C19H21NO3/c1-14-19(10-6-3-7-11-19)16(12-17(21)22)18(23)20(14)13-15-8-4-2-5-9-15/h2,4-6,8-10,16H,1,3,7,11-13H2,(H,21,22). The normalized spacial score (nSPS) is 27.0. The number of hydrogen-bond donors (Lipinski definition) is 1. The summed E-state index contributed by atoms with van der Waals surface area (Å²) in [7, 11) is 0. The fraction of sp³-hybridized carbons (Fsp3) is 0.368. The van der Waals surface area contributed by atoms with Gasteiger partial charge in [0.2, 0.25) is 5.91 Å². The van der Waals surface area contributed by atoms with Crippen LogP contribution in [0.3, 0.4) is 0 Å². The van der Waals surface area contributed by atoms with Gasteiger partial charge in [-0.3, -0.25) is 9.59 Å². The molecular weight excluding hydrogens is 290 g/mol. The van der Waals surface area contributed by atoms with Crippen molar-refractivity contribution in [2.24, 2.45) is 11.3 Å². The molecule has 1 fully saturated rings. The van der Waals surface area contributed by atoms with Gasteiger partial charge < -0.3 is 10.0 Å². The molecule has 2 atom stereocenters. The van der Waals surface area contributed by atoms with E-state index in [9.17, 15) is 14.7 Å². The summed E-state index contributed by atoms with van der Waals surface area (Å²) >= 11 is 0. The van der Waals surface area contributed by atoms with Crippen molar-refractivity contribution >= 4 is 11.9 Å². The molecule has 23 heavy (non-hydrogen) atoms. The maximum Gasteiger partial charge on any atom is 0.304 e. The zero-order chi connectivity index (χ0) is 16.4. The van der Waals surface area contributed by atoms with E-state index in [-0.39, 0.29) is 12.3 Å². The van der Waals surface area contributed by atoms with E-state index in [2.05, 4.69) is 12.7 Å². The average Bonchev–Trinajstić information content (AvgIpc) is 2.73. The van der Waals surface area contributed by atoms with Gasteiger partial charge in [0.1, 0.15) is 0 Å². The van der Waals surface area contributed by atoms with Crippen LogP contribution in [0.25, 0.3) is 0 Å². The number of carboxylic acids is 1. The number of nitrogens with zero attached hydrogens (tertiary/aromatic N) is 1. The van der Waals surface area contributed by atoms with Crippen LogP contribution in [-0.2, 0) is 16.1 Å². The van der Waals surface area contributed by atoms with E-state index in [0.29, 0.717) is 6.54 Å². The van der Waals surface area contributed by atoms with Crippen LogP contribution >= 0.6 is 0 Å². The molecule has 2 unspecified atom stereocenters. The van der Waals surface area contributed by atoms with Gasteiger partial charge in [-0.1, -0.05) is 49.1 Å². The molecule has 0 saturated carbocycles. The van der Waals surface area contributed by atoms with Crippen LogP contribution in [0.4, 0.5) is 0 Å². The second kappa shape index (κ2) is 6.03. The lowest BCUT2D eigenvalue weighted by atomic mass is 9.68. The van der Waals surface area contributed by atoms with Gasteiger partial charge in [-0.2, -0.15) is 0 Å². The van der Waals surface area contributed by atoms with Crippen molar-refractivity contribution < 1.29 is 14.7 Å². The molecule has 0 aromatic heterocycles. The summed E-state index contributed by atoms with van der Waals surface area (Å²) in [6.45, 7) is 4.63. The second-order valence-electron chi connectivity index (χ2n) is 6.34. The summed E-state index contributed by atoms with van der Waals surface area (Å²) in [6, 6.07) is 9.74. The Kier molecular flexibility index (Phi) is 4.07. The molecule has 1 amide bonds. The molecule has 1 aromatic rings. The lowest BCUT2D eigenvalue weighted by Gasteiger charge is -2.34. The molecular formula is C19H21NO3. The monoisotopic (exact) mass is 311 g/mol. The number of benzene rings is 1. The molecule has 3 rings (SSSR count). The van der Waals surface area contributed by atoms with Crippen LogP contribution < -0.4 is 0 Å². The van der Waals surface area contributed by atoms with Crippen LogP contribution in [0.5, 0.6) is 0 Å². The molecule has 2 aliphatic rings. The molecule has 1 aromatic carbocycles. The van der Waals surface area contributed by atoms with Crippen LogP contribution in [0, 0.1) is 11.3 Å². The summed E-state index contributed by atoms with van der Waals surface area (Å²) in [5.74, 6) is -1.60. The minimum absolute atomic E-state index is 0.118. The molecule has 1 aliphatic carbocycles. The van der Waals surface area contributed by atoms with E-state index in [0.717, 1.165) is 30.5 Å². The molecule has 4 nitrogen and oxygen atoms in total. The molecule has 120 valence electrons. The highest BCUT2D eigenvalue weighted by Gasteiger charge is 2.54. The number of carbonyl (C=O) groups excluding carboxylic acids is 1. The van der Waals surface area contributed by atoms with Crippen molar-refractivity contribution in [3.8, 4) is 0 Å². The molecule has 1 saturated heterocycles. The van der Waals surface area contributed by atoms with E-state index in [1.54, 1.807) is 4.90 Å². The van der Waals surface area contributed by atoms with E-state index in [1.165, 1.54) is 0 Å². The quantitative estimate of drug-likeness (QED) is 0.867. The van der Waals surface area contributed by atoms with Gasteiger partial charge in [0, 0.05) is 11.1 Å². The summed E-state index contributed by atoms with van der Waals surface area (Å²) in [6.07, 6.45) is 6.66. The number of carbonyl (C=O) groups is 2. The molecule has 1 heterocycles.